The van der Waals surface area contributed by atoms with Gasteiger partial charge in [-0.2, -0.15) is 0 Å². The van der Waals surface area contributed by atoms with E-state index in [2.05, 4.69) is 33.4 Å². The Morgan fingerprint density at radius 1 is 1.38 bits per heavy atom. The van der Waals surface area contributed by atoms with E-state index in [1.807, 2.05) is 6.08 Å². The van der Waals surface area contributed by atoms with Gasteiger partial charge in [0.25, 0.3) is 0 Å². The number of allylic oxidation sites excluding steroid dienone is 3. The summed E-state index contributed by atoms with van der Waals surface area (Å²) in [6.45, 7) is 11.2. The summed E-state index contributed by atoms with van der Waals surface area (Å²) in [5, 5.41) is 0. The van der Waals surface area contributed by atoms with Crippen LogP contribution in [-0.4, -0.2) is 0 Å². The van der Waals surface area contributed by atoms with Crippen LogP contribution in [-0.2, 0) is 0 Å². The summed E-state index contributed by atoms with van der Waals surface area (Å²) in [5.74, 6) is 2.63. The molecule has 0 saturated heterocycles. The zero-order chi connectivity index (χ0) is 11.8. The van der Waals surface area contributed by atoms with Crippen molar-refractivity contribution in [3.8, 4) is 0 Å². The summed E-state index contributed by atoms with van der Waals surface area (Å²) < 4.78 is 0. The van der Waals surface area contributed by atoms with Crippen molar-refractivity contribution in [1.82, 2.24) is 0 Å². The highest BCUT2D eigenvalue weighted by Crippen LogP contribution is 2.59. The maximum Gasteiger partial charge on any atom is -0.0143 e. The lowest BCUT2D eigenvalue weighted by atomic mass is 9.61. The molecular formula is C16H26. The molecule has 0 N–H and O–H groups in total. The number of hydrogen-bond donors (Lipinski definition) is 0. The average Bonchev–Trinajstić information content (AvgIpc) is 2.56. The van der Waals surface area contributed by atoms with Gasteiger partial charge in [0.05, 0.1) is 0 Å². The number of rotatable bonds is 2. The Bertz CT molecular complexity index is 297. The second-order valence-electron chi connectivity index (χ2n) is 6.32. The molecule has 0 aliphatic heterocycles. The largest absolute Gasteiger partial charge is 0.0991 e. The van der Waals surface area contributed by atoms with Gasteiger partial charge in [-0.25, -0.2) is 0 Å². The lowest BCUT2D eigenvalue weighted by Crippen LogP contribution is -2.35. The van der Waals surface area contributed by atoms with Crippen LogP contribution in [0.15, 0.2) is 24.3 Å². The third-order valence-electron chi connectivity index (χ3n) is 5.17. The third kappa shape index (κ3) is 1.77. The molecule has 2 aliphatic carbocycles. The average molecular weight is 218 g/mol. The van der Waals surface area contributed by atoms with Crippen LogP contribution in [0.4, 0.5) is 0 Å². The van der Waals surface area contributed by atoms with E-state index in [1.54, 1.807) is 5.57 Å². The molecule has 2 saturated carbocycles. The number of fused-ring (bicyclic) bond motifs is 1. The minimum atomic E-state index is 0.585. The molecule has 0 bridgehead atoms. The van der Waals surface area contributed by atoms with Gasteiger partial charge in [0.15, 0.2) is 0 Å². The van der Waals surface area contributed by atoms with Gasteiger partial charge in [-0.3, -0.25) is 0 Å². The first-order valence-corrected chi connectivity index (χ1v) is 6.91. The first-order valence-electron chi connectivity index (χ1n) is 6.91. The van der Waals surface area contributed by atoms with E-state index in [-0.39, 0.29) is 0 Å². The Hall–Kier alpha value is -0.520. The van der Waals surface area contributed by atoms with Crippen LogP contribution in [0.2, 0.25) is 0 Å². The van der Waals surface area contributed by atoms with Crippen molar-refractivity contribution in [1.29, 1.82) is 0 Å². The molecule has 0 heteroatoms. The van der Waals surface area contributed by atoms with Crippen molar-refractivity contribution in [2.24, 2.45) is 23.2 Å². The summed E-state index contributed by atoms with van der Waals surface area (Å²) in [6, 6.07) is 0. The Balaban J connectivity index is 2.27. The predicted octanol–water partition coefficient (Wildman–Crippen LogP) is 4.97. The lowest BCUT2D eigenvalue weighted by molar-refractivity contribution is 0.104. The summed E-state index contributed by atoms with van der Waals surface area (Å²) in [5.41, 5.74) is 2.27. The van der Waals surface area contributed by atoms with E-state index in [9.17, 15) is 0 Å². The van der Waals surface area contributed by atoms with Crippen LogP contribution >= 0.6 is 0 Å². The van der Waals surface area contributed by atoms with E-state index in [4.69, 9.17) is 0 Å². The lowest BCUT2D eigenvalue weighted by Gasteiger charge is -2.43. The molecule has 0 aromatic carbocycles. The predicted molar refractivity (Wildman–Crippen MR) is 71.3 cm³/mol. The Morgan fingerprint density at radius 2 is 2.12 bits per heavy atom. The van der Waals surface area contributed by atoms with Crippen molar-refractivity contribution in [3.63, 3.8) is 0 Å². The smallest absolute Gasteiger partial charge is 0.0143 e. The maximum atomic E-state index is 3.87. The molecule has 0 aromatic rings. The van der Waals surface area contributed by atoms with Crippen LogP contribution in [0, 0.1) is 23.2 Å². The van der Waals surface area contributed by atoms with E-state index in [1.165, 1.54) is 32.1 Å². The molecule has 16 heavy (non-hydrogen) atoms. The zero-order valence-corrected chi connectivity index (χ0v) is 11.1. The van der Waals surface area contributed by atoms with Crippen LogP contribution in [0.5, 0.6) is 0 Å². The summed E-state index contributed by atoms with van der Waals surface area (Å²) in [4.78, 5) is 0. The molecule has 2 fully saturated rings. The fourth-order valence-electron chi connectivity index (χ4n) is 4.53. The third-order valence-corrected chi connectivity index (χ3v) is 5.17. The Kier molecular flexibility index (Phi) is 3.28. The second kappa shape index (κ2) is 4.39. The van der Waals surface area contributed by atoms with Crippen LogP contribution in [0.25, 0.3) is 0 Å². The van der Waals surface area contributed by atoms with Crippen molar-refractivity contribution >= 4 is 0 Å². The minimum Gasteiger partial charge on any atom is -0.0991 e. The number of hydrogen-bond acceptors (Lipinski definition) is 0. The quantitative estimate of drug-likeness (QED) is 0.614. The molecule has 2 rings (SSSR count). The fourth-order valence-corrected chi connectivity index (χ4v) is 4.53. The molecule has 0 amide bonds. The van der Waals surface area contributed by atoms with Crippen LogP contribution < -0.4 is 0 Å². The van der Waals surface area contributed by atoms with Crippen molar-refractivity contribution in [2.75, 3.05) is 0 Å². The first kappa shape index (κ1) is 12.0. The zero-order valence-electron chi connectivity index (χ0n) is 11.1. The van der Waals surface area contributed by atoms with E-state index in [0.29, 0.717) is 5.41 Å². The first-order chi connectivity index (χ1) is 7.59. The molecule has 2 aliphatic rings. The SMILES string of the molecule is C=C/C=C1\CCC[C@@]2(C)C1CCC2C(C)C. The van der Waals surface area contributed by atoms with E-state index in [0.717, 1.165) is 17.8 Å². The Labute approximate surface area is 101 Å². The molecule has 0 aromatic heterocycles. The van der Waals surface area contributed by atoms with Gasteiger partial charge in [-0.15, -0.1) is 0 Å². The summed E-state index contributed by atoms with van der Waals surface area (Å²) in [6.07, 6.45) is 11.3. The topological polar surface area (TPSA) is 0 Å². The van der Waals surface area contributed by atoms with Gasteiger partial charge in [0.1, 0.15) is 0 Å². The van der Waals surface area contributed by atoms with Gasteiger partial charge < -0.3 is 0 Å². The highest BCUT2D eigenvalue weighted by atomic mass is 14.5. The molecule has 2 unspecified atom stereocenters. The van der Waals surface area contributed by atoms with Crippen molar-refractivity contribution < 1.29 is 0 Å². The van der Waals surface area contributed by atoms with Crippen molar-refractivity contribution in [2.45, 2.75) is 52.9 Å². The monoisotopic (exact) mass is 218 g/mol. The Morgan fingerprint density at radius 3 is 2.75 bits per heavy atom. The summed E-state index contributed by atoms with van der Waals surface area (Å²) >= 11 is 0. The van der Waals surface area contributed by atoms with E-state index >= 15 is 0 Å². The molecule has 0 spiro atoms. The van der Waals surface area contributed by atoms with Crippen LogP contribution in [0.1, 0.15) is 52.9 Å². The van der Waals surface area contributed by atoms with Gasteiger partial charge in [0.2, 0.25) is 0 Å². The highest BCUT2D eigenvalue weighted by Gasteiger charge is 2.49. The van der Waals surface area contributed by atoms with Gasteiger partial charge in [-0.05, 0) is 55.3 Å². The molecular weight excluding hydrogens is 192 g/mol. The molecule has 3 atom stereocenters. The molecule has 0 radical (unpaired) electrons. The highest BCUT2D eigenvalue weighted by molar-refractivity contribution is 5.21. The maximum absolute atomic E-state index is 3.87. The molecule has 90 valence electrons. The molecule has 0 nitrogen and oxygen atoms in total. The van der Waals surface area contributed by atoms with Crippen LogP contribution in [0.3, 0.4) is 0 Å². The molecule has 0 heterocycles. The second-order valence-corrected chi connectivity index (χ2v) is 6.32. The standard InChI is InChI=1S/C16H26/c1-5-7-13-8-6-11-16(4)14(12(2)3)9-10-15(13)16/h5,7,12,14-15H,1,6,8-11H2,2-4H3/b13-7+/t14?,15?,16-/m1/s1. The van der Waals surface area contributed by atoms with E-state index < -0.39 is 0 Å². The normalized spacial score (nSPS) is 41.4. The fraction of sp³-hybridized carbons (Fsp3) is 0.750. The van der Waals surface area contributed by atoms with Crippen molar-refractivity contribution in [3.05, 3.63) is 24.3 Å². The summed E-state index contributed by atoms with van der Waals surface area (Å²) in [7, 11) is 0. The minimum absolute atomic E-state index is 0.585. The van der Waals surface area contributed by atoms with Gasteiger partial charge >= 0.3 is 0 Å². The van der Waals surface area contributed by atoms with Gasteiger partial charge in [0, 0.05) is 0 Å². The van der Waals surface area contributed by atoms with Gasteiger partial charge in [-0.1, -0.05) is 45.1 Å².